The molecule has 0 aliphatic carbocycles. The van der Waals surface area contributed by atoms with Gasteiger partial charge in [0.15, 0.2) is 9.84 Å². The quantitative estimate of drug-likeness (QED) is 0.794. The second-order valence-electron chi connectivity index (χ2n) is 6.13. The molecule has 0 unspecified atom stereocenters. The third-order valence-corrected chi connectivity index (χ3v) is 7.48. The van der Waals surface area contributed by atoms with Crippen LogP contribution in [0.25, 0.3) is 0 Å². The van der Waals surface area contributed by atoms with Gasteiger partial charge < -0.3 is 0 Å². The number of sulfonamides is 1. The average molecular weight is 356 g/mol. The minimum Gasteiger partial charge on any atom is -0.229 e. The summed E-state index contributed by atoms with van der Waals surface area (Å²) in [6.07, 6.45) is 0.295. The monoisotopic (exact) mass is 356 g/mol. The Morgan fingerprint density at radius 2 is 2.00 bits per heavy atom. The highest BCUT2D eigenvalue weighted by atomic mass is 32.2. The number of benzene rings is 1. The van der Waals surface area contributed by atoms with Crippen LogP contribution in [0.4, 0.5) is 0 Å². The molecule has 8 heteroatoms. The van der Waals surface area contributed by atoms with Crippen molar-refractivity contribution < 1.29 is 16.8 Å². The van der Waals surface area contributed by atoms with Crippen molar-refractivity contribution in [3.63, 3.8) is 0 Å². The number of sulfone groups is 1. The highest BCUT2D eigenvalue weighted by Gasteiger charge is 2.39. The summed E-state index contributed by atoms with van der Waals surface area (Å²) in [7, 11) is -7.13. The largest absolute Gasteiger partial charge is 0.244 e. The molecule has 0 aromatic heterocycles. The number of rotatable bonds is 5. The van der Waals surface area contributed by atoms with Crippen molar-refractivity contribution in [3.05, 3.63) is 29.8 Å². The minimum atomic E-state index is -3.93. The van der Waals surface area contributed by atoms with Crippen LogP contribution in [0.3, 0.4) is 0 Å². The van der Waals surface area contributed by atoms with E-state index in [9.17, 15) is 16.8 Å². The van der Waals surface area contributed by atoms with E-state index in [0.717, 1.165) is 0 Å². The molecule has 1 heterocycles. The molecule has 2 rings (SSSR count). The lowest BCUT2D eigenvalue weighted by Gasteiger charge is -2.29. The lowest BCUT2D eigenvalue weighted by atomic mass is 10.2. The molecule has 1 aromatic rings. The highest BCUT2D eigenvalue weighted by Crippen LogP contribution is 2.27. The zero-order valence-corrected chi connectivity index (χ0v) is 14.8. The molecule has 0 spiro atoms. The van der Waals surface area contributed by atoms with E-state index < -0.39 is 25.9 Å². The first-order valence-corrected chi connectivity index (χ1v) is 10.6. The zero-order valence-electron chi connectivity index (χ0n) is 13.1. The predicted octanol–water partition coefficient (Wildman–Crippen LogP) is 1.39. The molecule has 126 valence electrons. The van der Waals surface area contributed by atoms with E-state index in [1.807, 2.05) is 19.9 Å². The number of hydrogen-bond donors (Lipinski definition) is 0. The van der Waals surface area contributed by atoms with E-state index in [1.165, 1.54) is 16.4 Å². The summed E-state index contributed by atoms with van der Waals surface area (Å²) < 4.78 is 50.8. The Hall–Kier alpha value is -1.43. The van der Waals surface area contributed by atoms with Crippen molar-refractivity contribution in [1.82, 2.24) is 4.31 Å². The van der Waals surface area contributed by atoms with Gasteiger partial charge in [0.25, 0.3) is 0 Å². The Labute approximate surface area is 137 Å². The molecule has 6 nitrogen and oxygen atoms in total. The SMILES string of the molecule is CC(C)CN([C@H]1CCS(=O)(=O)C1)S(=O)(=O)c1ccccc1C#N. The van der Waals surface area contributed by atoms with Crippen molar-refractivity contribution in [1.29, 1.82) is 5.26 Å². The van der Waals surface area contributed by atoms with Crippen LogP contribution in [0, 0.1) is 17.2 Å². The fourth-order valence-corrected chi connectivity index (χ4v) is 6.50. The lowest BCUT2D eigenvalue weighted by Crippen LogP contribution is -2.43. The van der Waals surface area contributed by atoms with Crippen molar-refractivity contribution in [2.75, 3.05) is 18.1 Å². The molecule has 23 heavy (non-hydrogen) atoms. The third kappa shape index (κ3) is 3.91. The van der Waals surface area contributed by atoms with Crippen LogP contribution in [-0.4, -0.2) is 45.2 Å². The summed E-state index contributed by atoms with van der Waals surface area (Å²) in [4.78, 5) is -0.0625. The first kappa shape index (κ1) is 17.9. The van der Waals surface area contributed by atoms with Gasteiger partial charge in [-0.25, -0.2) is 16.8 Å². The number of hydrogen-bond acceptors (Lipinski definition) is 5. The summed E-state index contributed by atoms with van der Waals surface area (Å²) in [5.74, 6) is -0.114. The van der Waals surface area contributed by atoms with Crippen LogP contribution in [0.5, 0.6) is 0 Å². The molecule has 1 saturated heterocycles. The Balaban J connectivity index is 2.48. The second-order valence-corrected chi connectivity index (χ2v) is 10.2. The van der Waals surface area contributed by atoms with Crippen LogP contribution in [0.2, 0.25) is 0 Å². The molecule has 0 radical (unpaired) electrons. The van der Waals surface area contributed by atoms with Crippen molar-refractivity contribution in [2.45, 2.75) is 31.2 Å². The van der Waals surface area contributed by atoms with Crippen LogP contribution in [0.1, 0.15) is 25.8 Å². The molecular weight excluding hydrogens is 336 g/mol. The highest BCUT2D eigenvalue weighted by molar-refractivity contribution is 7.92. The van der Waals surface area contributed by atoms with Gasteiger partial charge in [-0.15, -0.1) is 0 Å². The molecule has 0 amide bonds. The van der Waals surface area contributed by atoms with Crippen molar-refractivity contribution in [2.24, 2.45) is 5.92 Å². The van der Waals surface area contributed by atoms with E-state index in [2.05, 4.69) is 0 Å². The van der Waals surface area contributed by atoms with Crippen LogP contribution >= 0.6 is 0 Å². The van der Waals surface area contributed by atoms with E-state index in [0.29, 0.717) is 6.42 Å². The molecule has 0 N–H and O–H groups in total. The fourth-order valence-electron chi connectivity index (χ4n) is 2.72. The Bertz CT molecular complexity index is 823. The van der Waals surface area contributed by atoms with Gasteiger partial charge in [-0.05, 0) is 24.5 Å². The Kier molecular flexibility index (Phi) is 5.14. The van der Waals surface area contributed by atoms with E-state index in [1.54, 1.807) is 12.1 Å². The maximum atomic E-state index is 13.0. The minimum absolute atomic E-state index is 0.00167. The predicted molar refractivity (Wildman–Crippen MR) is 86.9 cm³/mol. The standard InChI is InChI=1S/C15H20N2O4S2/c1-12(2)10-17(14-7-8-22(18,19)11-14)23(20,21)15-6-4-3-5-13(15)9-16/h3-6,12,14H,7-8,10-11H2,1-2H3/t14-/m0/s1. The first-order chi connectivity index (χ1) is 10.7. The number of nitriles is 1. The van der Waals surface area contributed by atoms with E-state index in [4.69, 9.17) is 5.26 Å². The van der Waals surface area contributed by atoms with Gasteiger partial charge in [0.05, 0.1) is 22.0 Å². The summed E-state index contributed by atoms with van der Waals surface area (Å²) in [5, 5.41) is 9.17. The Morgan fingerprint density at radius 1 is 1.35 bits per heavy atom. The fraction of sp³-hybridized carbons (Fsp3) is 0.533. The van der Waals surface area contributed by atoms with Gasteiger partial charge in [-0.2, -0.15) is 9.57 Å². The van der Waals surface area contributed by atoms with Crippen LogP contribution in [0.15, 0.2) is 29.2 Å². The van der Waals surface area contributed by atoms with Gasteiger partial charge in [-0.1, -0.05) is 26.0 Å². The van der Waals surface area contributed by atoms with Crippen LogP contribution in [-0.2, 0) is 19.9 Å². The molecule has 1 aromatic carbocycles. The first-order valence-electron chi connectivity index (χ1n) is 7.39. The maximum Gasteiger partial charge on any atom is 0.244 e. The third-order valence-electron chi connectivity index (χ3n) is 3.75. The van der Waals surface area contributed by atoms with Crippen molar-refractivity contribution in [3.8, 4) is 6.07 Å². The topological polar surface area (TPSA) is 95.3 Å². The summed E-state index contributed by atoms with van der Waals surface area (Å²) in [6, 6.07) is 7.33. The average Bonchev–Trinajstić information content (AvgIpc) is 2.84. The second kappa shape index (κ2) is 6.59. The normalized spacial score (nSPS) is 20.7. The Morgan fingerprint density at radius 3 is 2.52 bits per heavy atom. The van der Waals surface area contributed by atoms with E-state index in [-0.39, 0.29) is 34.4 Å². The van der Waals surface area contributed by atoms with Crippen molar-refractivity contribution >= 4 is 19.9 Å². The molecule has 0 saturated carbocycles. The van der Waals surface area contributed by atoms with Gasteiger partial charge >= 0.3 is 0 Å². The number of nitrogens with zero attached hydrogens (tertiary/aromatic N) is 2. The molecule has 0 bridgehead atoms. The zero-order chi connectivity index (χ0) is 17.3. The smallest absolute Gasteiger partial charge is 0.229 e. The summed E-state index contributed by atoms with van der Waals surface area (Å²) in [5.41, 5.74) is 0.0714. The lowest BCUT2D eigenvalue weighted by molar-refractivity contribution is 0.307. The molecule has 1 aliphatic rings. The van der Waals surface area contributed by atoms with Gasteiger partial charge in [0.2, 0.25) is 10.0 Å². The van der Waals surface area contributed by atoms with Crippen LogP contribution < -0.4 is 0 Å². The van der Waals surface area contributed by atoms with Gasteiger partial charge in [0, 0.05) is 12.6 Å². The molecule has 1 aliphatic heterocycles. The summed E-state index contributed by atoms with van der Waals surface area (Å²) in [6.45, 7) is 3.98. The summed E-state index contributed by atoms with van der Waals surface area (Å²) >= 11 is 0. The molecule has 1 fully saturated rings. The molecule has 1 atom stereocenters. The van der Waals surface area contributed by atoms with E-state index >= 15 is 0 Å². The molecular formula is C15H20N2O4S2. The van der Waals surface area contributed by atoms with Gasteiger partial charge in [0.1, 0.15) is 6.07 Å². The maximum absolute atomic E-state index is 13.0. The van der Waals surface area contributed by atoms with Gasteiger partial charge in [-0.3, -0.25) is 0 Å².